The summed E-state index contributed by atoms with van der Waals surface area (Å²) in [6.07, 6.45) is 9.40. The highest BCUT2D eigenvalue weighted by atomic mass is 16.5. The zero-order chi connectivity index (χ0) is 43.0. The van der Waals surface area contributed by atoms with Gasteiger partial charge in [0.05, 0.1) is 22.6 Å². The van der Waals surface area contributed by atoms with E-state index in [0.717, 1.165) is 142 Å². The number of fused-ring (bicyclic) bond motifs is 2. The highest BCUT2D eigenvalue weighted by Gasteiger charge is 2.45. The van der Waals surface area contributed by atoms with E-state index in [1.54, 1.807) is 12.4 Å². The number of carbonyl (C=O) groups is 4. The van der Waals surface area contributed by atoms with E-state index in [0.29, 0.717) is 28.9 Å². The molecule has 0 aliphatic carbocycles. The molecule has 0 bridgehead atoms. The number of piperidine rings is 4. The van der Waals surface area contributed by atoms with Crippen molar-refractivity contribution in [1.82, 2.24) is 44.7 Å². The van der Waals surface area contributed by atoms with E-state index in [2.05, 4.69) is 29.7 Å². The third kappa shape index (κ3) is 8.32. The van der Waals surface area contributed by atoms with E-state index in [4.69, 9.17) is 20.6 Å². The van der Waals surface area contributed by atoms with Gasteiger partial charge in [-0.2, -0.15) is 5.10 Å². The van der Waals surface area contributed by atoms with Crippen molar-refractivity contribution < 1.29 is 23.9 Å². The summed E-state index contributed by atoms with van der Waals surface area (Å²) in [6.45, 7) is 8.41. The van der Waals surface area contributed by atoms with Crippen molar-refractivity contribution in [2.24, 2.45) is 0 Å². The molecule has 2 aromatic heterocycles. The van der Waals surface area contributed by atoms with Crippen molar-refractivity contribution in [2.75, 3.05) is 58.1 Å². The van der Waals surface area contributed by atoms with Crippen LogP contribution in [0, 0.1) is 0 Å². The van der Waals surface area contributed by atoms with Crippen LogP contribution in [0.15, 0.2) is 79.1 Å². The maximum atomic E-state index is 13.4. The van der Waals surface area contributed by atoms with Crippen molar-refractivity contribution in [3.63, 3.8) is 0 Å². The number of nitrogens with two attached hydrogens (primary N) is 1. The molecule has 15 heteroatoms. The van der Waals surface area contributed by atoms with E-state index in [-0.39, 0.29) is 24.8 Å². The van der Waals surface area contributed by atoms with Crippen LogP contribution < -0.4 is 15.8 Å². The Balaban J connectivity index is 0.691. The molecule has 5 aliphatic rings. The summed E-state index contributed by atoms with van der Waals surface area (Å²) in [7, 11) is 0. The standard InChI is InChI=1S/C48H54N10O5/c49-44-42-43(32-9-12-37(13-10-32)63-36-7-2-1-3-8-36)53-58(45(42)51-30-50-44)35-6-4-23-56(29-35)34-19-26-55(27-20-34)22-5-21-54-24-17-31(18-25-54)33-11-14-38-39(28-33)48(62)57(47(38)61)40-15-16-41(59)52-46(40)60/h1-3,7-14,28,30-31,34-35,40H,4-6,15-27,29H2,(H2,49,50,51)(H,52,59,60)/t35-,40?/m1/s1. The summed E-state index contributed by atoms with van der Waals surface area (Å²) in [6, 6.07) is 23.1. The summed E-state index contributed by atoms with van der Waals surface area (Å²) in [4.78, 5) is 68.7. The van der Waals surface area contributed by atoms with Gasteiger partial charge in [0.25, 0.3) is 11.8 Å². The molecule has 0 spiro atoms. The normalized spacial score (nSPS) is 22.2. The second kappa shape index (κ2) is 17.6. The average molecular weight is 851 g/mol. The quantitative estimate of drug-likeness (QED) is 0.157. The summed E-state index contributed by atoms with van der Waals surface area (Å²) in [5, 5.41) is 8.25. The van der Waals surface area contributed by atoms with Gasteiger partial charge < -0.3 is 20.3 Å². The molecule has 4 fully saturated rings. The van der Waals surface area contributed by atoms with Crippen molar-refractivity contribution in [3.8, 4) is 22.8 Å². The molecule has 3 aromatic carbocycles. The van der Waals surface area contributed by atoms with E-state index in [1.807, 2.05) is 66.7 Å². The van der Waals surface area contributed by atoms with E-state index in [9.17, 15) is 19.2 Å². The maximum absolute atomic E-state index is 13.4. The first-order valence-electron chi connectivity index (χ1n) is 22.6. The largest absolute Gasteiger partial charge is 0.457 e. The molecule has 7 heterocycles. The molecule has 15 nitrogen and oxygen atoms in total. The van der Waals surface area contributed by atoms with Crippen LogP contribution in [0.25, 0.3) is 22.3 Å². The topological polar surface area (TPSA) is 172 Å². The molecule has 326 valence electrons. The Labute approximate surface area is 366 Å². The molecule has 2 atom stereocenters. The van der Waals surface area contributed by atoms with Crippen LogP contribution in [-0.4, -0.2) is 127 Å². The average Bonchev–Trinajstić information content (AvgIpc) is 3.82. The number of ether oxygens (including phenoxy) is 1. The number of carbonyl (C=O) groups excluding carboxylic acids is 4. The zero-order valence-corrected chi connectivity index (χ0v) is 35.5. The number of nitrogens with one attached hydrogen (secondary N) is 1. The predicted octanol–water partition coefficient (Wildman–Crippen LogP) is 5.64. The Morgan fingerprint density at radius 1 is 0.730 bits per heavy atom. The molecule has 63 heavy (non-hydrogen) atoms. The molecule has 1 unspecified atom stereocenters. The van der Waals surface area contributed by atoms with Gasteiger partial charge in [0.15, 0.2) is 5.65 Å². The molecule has 0 radical (unpaired) electrons. The fourth-order valence-corrected chi connectivity index (χ4v) is 10.5. The third-order valence-corrected chi connectivity index (χ3v) is 13.9. The molecule has 5 aromatic rings. The Hall–Kier alpha value is -6.03. The number of likely N-dealkylation sites (tertiary alicyclic amines) is 3. The van der Waals surface area contributed by atoms with Gasteiger partial charge >= 0.3 is 0 Å². The van der Waals surface area contributed by atoms with E-state index in [1.165, 1.54) is 0 Å². The summed E-state index contributed by atoms with van der Waals surface area (Å²) < 4.78 is 8.14. The van der Waals surface area contributed by atoms with Crippen LogP contribution in [0.2, 0.25) is 0 Å². The first-order chi connectivity index (χ1) is 30.8. The first kappa shape index (κ1) is 41.0. The van der Waals surface area contributed by atoms with Crippen molar-refractivity contribution >= 4 is 40.5 Å². The minimum atomic E-state index is -0.949. The number of aromatic nitrogens is 4. The Kier molecular flexibility index (Phi) is 11.5. The lowest BCUT2D eigenvalue weighted by atomic mass is 9.87. The lowest BCUT2D eigenvalue weighted by molar-refractivity contribution is -0.136. The van der Waals surface area contributed by atoms with Crippen molar-refractivity contribution in [3.05, 3.63) is 95.8 Å². The Morgan fingerprint density at radius 2 is 1.44 bits per heavy atom. The van der Waals surface area contributed by atoms with Gasteiger partial charge in [-0.15, -0.1) is 0 Å². The molecular weight excluding hydrogens is 797 g/mol. The van der Waals surface area contributed by atoms with Gasteiger partial charge in [-0.05, 0) is 157 Å². The smallest absolute Gasteiger partial charge is 0.262 e. The van der Waals surface area contributed by atoms with Gasteiger partial charge in [-0.1, -0.05) is 24.3 Å². The Morgan fingerprint density at radius 3 is 2.19 bits per heavy atom. The van der Waals surface area contributed by atoms with Crippen molar-refractivity contribution in [2.45, 2.75) is 81.8 Å². The van der Waals surface area contributed by atoms with Crippen LogP contribution in [0.4, 0.5) is 5.82 Å². The number of nitrogens with zero attached hydrogens (tertiary/aromatic N) is 8. The molecule has 4 saturated heterocycles. The fraction of sp³-hybridized carbons (Fsp3) is 0.438. The number of hydrogen-bond donors (Lipinski definition) is 2. The van der Waals surface area contributed by atoms with Gasteiger partial charge in [0.1, 0.15) is 35.4 Å². The van der Waals surface area contributed by atoms with Crippen LogP contribution >= 0.6 is 0 Å². The molecule has 5 aliphatic heterocycles. The second-order valence-corrected chi connectivity index (χ2v) is 17.8. The van der Waals surface area contributed by atoms with Crippen LogP contribution in [0.1, 0.15) is 96.0 Å². The second-order valence-electron chi connectivity index (χ2n) is 17.8. The highest BCUT2D eigenvalue weighted by molar-refractivity contribution is 6.23. The number of benzene rings is 3. The van der Waals surface area contributed by atoms with Gasteiger partial charge in [0, 0.05) is 24.6 Å². The summed E-state index contributed by atoms with van der Waals surface area (Å²) in [5.41, 5.74) is 10.8. The summed E-state index contributed by atoms with van der Waals surface area (Å²) >= 11 is 0. The number of para-hydroxylation sites is 1. The summed E-state index contributed by atoms with van der Waals surface area (Å²) in [5.74, 6) is 0.423. The predicted molar refractivity (Wildman–Crippen MR) is 237 cm³/mol. The molecule has 4 amide bonds. The van der Waals surface area contributed by atoms with Gasteiger partial charge in [-0.25, -0.2) is 14.6 Å². The number of hydrogen-bond acceptors (Lipinski definition) is 12. The van der Waals surface area contributed by atoms with Crippen molar-refractivity contribution in [1.29, 1.82) is 0 Å². The molecular formula is C48H54N10O5. The lowest BCUT2D eigenvalue weighted by Crippen LogP contribution is -2.54. The number of nitrogen functional groups attached to an aromatic ring is 1. The van der Waals surface area contributed by atoms with Gasteiger partial charge in [0.2, 0.25) is 11.8 Å². The molecule has 10 rings (SSSR count). The zero-order valence-electron chi connectivity index (χ0n) is 35.5. The van der Waals surface area contributed by atoms with Crippen LogP contribution in [-0.2, 0) is 9.59 Å². The van der Waals surface area contributed by atoms with E-state index < -0.39 is 23.8 Å². The molecule has 0 saturated carbocycles. The fourth-order valence-electron chi connectivity index (χ4n) is 10.5. The van der Waals surface area contributed by atoms with Gasteiger partial charge in [-0.3, -0.25) is 34.3 Å². The highest BCUT2D eigenvalue weighted by Crippen LogP contribution is 2.37. The first-order valence-corrected chi connectivity index (χ1v) is 22.6. The van der Waals surface area contributed by atoms with E-state index >= 15 is 0 Å². The lowest BCUT2D eigenvalue weighted by Gasteiger charge is -2.42. The van der Waals surface area contributed by atoms with Crippen LogP contribution in [0.5, 0.6) is 11.5 Å². The maximum Gasteiger partial charge on any atom is 0.262 e. The Bertz CT molecular complexity index is 2510. The number of rotatable bonds is 11. The minimum Gasteiger partial charge on any atom is -0.457 e. The number of anilines is 1. The van der Waals surface area contributed by atoms with Crippen LogP contribution in [0.3, 0.4) is 0 Å². The minimum absolute atomic E-state index is 0.109. The molecule has 3 N–H and O–H groups in total. The number of amides is 4. The SMILES string of the molecule is Nc1ncnc2c1c(-c1ccc(Oc3ccccc3)cc1)nn2[C@@H]1CCCN(C2CCN(CCCN3CCC(c4ccc5c(c4)C(=O)N(C4CCC(=O)NC4=O)C5=O)CC3)CC2)C1. The third-order valence-electron chi connectivity index (χ3n) is 13.9. The number of imide groups is 2. The monoisotopic (exact) mass is 850 g/mol.